The van der Waals surface area contributed by atoms with Gasteiger partial charge in [-0.3, -0.25) is 14.6 Å². The topological polar surface area (TPSA) is 80.1 Å². The average molecular weight is 446 g/mol. The van der Waals surface area contributed by atoms with Crippen molar-refractivity contribution < 1.29 is 9.59 Å². The summed E-state index contributed by atoms with van der Waals surface area (Å²) in [6.45, 7) is 2.60. The van der Waals surface area contributed by atoms with Gasteiger partial charge in [0.2, 0.25) is 11.8 Å². The van der Waals surface area contributed by atoms with Crippen LogP contribution in [-0.2, 0) is 16.1 Å². The molecule has 3 aromatic rings. The van der Waals surface area contributed by atoms with Crippen molar-refractivity contribution in [3.63, 3.8) is 0 Å². The van der Waals surface area contributed by atoms with Crippen molar-refractivity contribution in [3.8, 4) is 5.69 Å². The molecule has 2 heterocycles. The maximum atomic E-state index is 12.7. The van der Waals surface area contributed by atoms with E-state index >= 15 is 0 Å². The molecule has 0 radical (unpaired) electrons. The van der Waals surface area contributed by atoms with Gasteiger partial charge < -0.3 is 10.2 Å². The number of anilines is 1. The highest BCUT2D eigenvalue weighted by molar-refractivity contribution is 6.32. The number of pyridine rings is 1. The summed E-state index contributed by atoms with van der Waals surface area (Å²) in [7, 11) is 0. The van der Waals surface area contributed by atoms with Crippen LogP contribution in [0.25, 0.3) is 5.69 Å². The molecule has 0 saturated heterocycles. The molecule has 0 atom stereocenters. The second kappa shape index (κ2) is 10.2. The minimum Gasteiger partial charge on any atom is -0.352 e. The molecule has 0 aliphatic heterocycles. The third-order valence-electron chi connectivity index (χ3n) is 4.41. The van der Waals surface area contributed by atoms with Gasteiger partial charge >= 0.3 is 0 Å². The van der Waals surface area contributed by atoms with Crippen molar-refractivity contribution in [2.24, 2.45) is 0 Å². The third-order valence-corrected chi connectivity index (χ3v) is 4.92. The van der Waals surface area contributed by atoms with Crippen molar-refractivity contribution in [1.82, 2.24) is 20.1 Å². The Morgan fingerprint density at radius 1 is 1.17 bits per heavy atom. The molecule has 0 spiro atoms. The predicted octanol–water partition coefficient (Wildman–Crippen LogP) is 4.02. The molecule has 0 saturated carbocycles. The maximum Gasteiger partial charge on any atom is 0.227 e. The molecule has 1 aromatic carbocycles. The molecule has 9 heteroatoms. The van der Waals surface area contributed by atoms with Gasteiger partial charge in [-0.05, 0) is 36.8 Å². The fourth-order valence-electron chi connectivity index (χ4n) is 2.92. The lowest BCUT2D eigenvalue weighted by molar-refractivity contribution is -0.125. The van der Waals surface area contributed by atoms with Crippen LogP contribution in [0.3, 0.4) is 0 Å². The summed E-state index contributed by atoms with van der Waals surface area (Å²) in [4.78, 5) is 30.4. The third kappa shape index (κ3) is 5.58. The highest BCUT2D eigenvalue weighted by Gasteiger charge is 2.21. The van der Waals surface area contributed by atoms with Gasteiger partial charge in [-0.25, -0.2) is 4.68 Å². The van der Waals surface area contributed by atoms with Gasteiger partial charge in [-0.2, -0.15) is 5.10 Å². The Bertz CT molecular complexity index is 1020. The van der Waals surface area contributed by atoms with E-state index in [4.69, 9.17) is 23.2 Å². The fraction of sp³-hybridized carbons (Fsp3) is 0.238. The number of nitrogens with one attached hydrogen (secondary N) is 1. The number of nitrogens with zero attached hydrogens (tertiary/aromatic N) is 4. The molecule has 0 aliphatic rings. The lowest BCUT2D eigenvalue weighted by Crippen LogP contribution is -2.32. The van der Waals surface area contributed by atoms with E-state index < -0.39 is 0 Å². The molecule has 30 heavy (non-hydrogen) atoms. The van der Waals surface area contributed by atoms with Gasteiger partial charge in [0.15, 0.2) is 5.15 Å². The molecule has 2 aromatic heterocycles. The van der Waals surface area contributed by atoms with E-state index in [9.17, 15) is 9.59 Å². The molecule has 7 nitrogen and oxygen atoms in total. The molecule has 0 bridgehead atoms. The van der Waals surface area contributed by atoms with Crippen molar-refractivity contribution >= 4 is 40.7 Å². The first-order valence-electron chi connectivity index (χ1n) is 9.45. The SMILES string of the molecule is CCN(C(=O)CCC(=O)NCc1cccc(Cl)c1)c1cn(-c2cccnc2)nc1Cl. The summed E-state index contributed by atoms with van der Waals surface area (Å²) in [5, 5.41) is 7.87. The van der Waals surface area contributed by atoms with E-state index in [1.165, 1.54) is 4.90 Å². The van der Waals surface area contributed by atoms with Crippen LogP contribution in [0.1, 0.15) is 25.3 Å². The summed E-state index contributed by atoms with van der Waals surface area (Å²) < 4.78 is 1.57. The number of hydrogen-bond acceptors (Lipinski definition) is 4. The van der Waals surface area contributed by atoms with Gasteiger partial charge in [0.1, 0.15) is 5.69 Å². The second-order valence-corrected chi connectivity index (χ2v) is 7.30. The zero-order chi connectivity index (χ0) is 21.5. The predicted molar refractivity (Wildman–Crippen MR) is 117 cm³/mol. The number of hydrogen-bond donors (Lipinski definition) is 1. The monoisotopic (exact) mass is 445 g/mol. The van der Waals surface area contributed by atoms with E-state index in [2.05, 4.69) is 15.4 Å². The van der Waals surface area contributed by atoms with Crippen LogP contribution >= 0.6 is 23.2 Å². The average Bonchev–Trinajstić information content (AvgIpc) is 3.13. The number of benzene rings is 1. The minimum absolute atomic E-state index is 0.0591. The molecule has 1 N–H and O–H groups in total. The summed E-state index contributed by atoms with van der Waals surface area (Å²) >= 11 is 12.2. The highest BCUT2D eigenvalue weighted by atomic mass is 35.5. The number of carbonyl (C=O) groups is 2. The van der Waals surface area contributed by atoms with Crippen LogP contribution in [0.15, 0.2) is 55.0 Å². The van der Waals surface area contributed by atoms with Crippen LogP contribution in [0.5, 0.6) is 0 Å². The molecule has 0 unspecified atom stereocenters. The molecule has 3 rings (SSSR count). The van der Waals surface area contributed by atoms with E-state index in [0.717, 1.165) is 11.3 Å². The second-order valence-electron chi connectivity index (χ2n) is 6.51. The highest BCUT2D eigenvalue weighted by Crippen LogP contribution is 2.26. The zero-order valence-corrected chi connectivity index (χ0v) is 17.9. The first-order valence-corrected chi connectivity index (χ1v) is 10.2. The maximum absolute atomic E-state index is 12.7. The smallest absolute Gasteiger partial charge is 0.227 e. The Balaban J connectivity index is 1.58. The van der Waals surface area contributed by atoms with Crippen molar-refractivity contribution in [2.45, 2.75) is 26.3 Å². The summed E-state index contributed by atoms with van der Waals surface area (Å²) in [6, 6.07) is 10.9. The summed E-state index contributed by atoms with van der Waals surface area (Å²) in [5.74, 6) is -0.417. The van der Waals surface area contributed by atoms with Crippen molar-refractivity contribution in [2.75, 3.05) is 11.4 Å². The number of aromatic nitrogens is 3. The number of carbonyl (C=O) groups excluding carboxylic acids is 2. The molecular formula is C21H21Cl2N5O2. The normalized spacial score (nSPS) is 10.6. The standard InChI is InChI=1S/C21H21Cl2N5O2/c1-2-27(18-14-28(26-21(18)23)17-7-4-10-24-13-17)20(30)9-8-19(29)25-12-15-5-3-6-16(22)11-15/h3-7,10-11,13-14H,2,8-9,12H2,1H3,(H,25,29). The van der Waals surface area contributed by atoms with Gasteiger partial charge in [0, 0.05) is 37.2 Å². The van der Waals surface area contributed by atoms with Gasteiger partial charge in [0.05, 0.1) is 18.1 Å². The van der Waals surface area contributed by atoms with E-state index in [0.29, 0.717) is 23.8 Å². The molecular weight excluding hydrogens is 425 g/mol. The first-order chi connectivity index (χ1) is 14.5. The van der Waals surface area contributed by atoms with Crippen LogP contribution in [0, 0.1) is 0 Å². The Hall–Kier alpha value is -2.90. The van der Waals surface area contributed by atoms with Gasteiger partial charge in [-0.1, -0.05) is 35.3 Å². The van der Waals surface area contributed by atoms with Crippen LogP contribution < -0.4 is 10.2 Å². The Kier molecular flexibility index (Phi) is 7.43. The first kappa shape index (κ1) is 21.8. The number of rotatable bonds is 8. The lowest BCUT2D eigenvalue weighted by atomic mass is 10.2. The van der Waals surface area contributed by atoms with E-state index in [1.807, 2.05) is 25.1 Å². The summed E-state index contributed by atoms with van der Waals surface area (Å²) in [5.41, 5.74) is 2.12. The largest absolute Gasteiger partial charge is 0.352 e. The Morgan fingerprint density at radius 3 is 2.70 bits per heavy atom. The van der Waals surface area contributed by atoms with Crippen molar-refractivity contribution in [3.05, 3.63) is 70.7 Å². The van der Waals surface area contributed by atoms with Gasteiger partial charge in [-0.15, -0.1) is 0 Å². The number of amides is 2. The Morgan fingerprint density at radius 2 is 2.00 bits per heavy atom. The van der Waals surface area contributed by atoms with Crippen LogP contribution in [0.2, 0.25) is 10.2 Å². The van der Waals surface area contributed by atoms with E-state index in [1.54, 1.807) is 41.5 Å². The minimum atomic E-state index is -0.212. The molecule has 0 aliphatic carbocycles. The van der Waals surface area contributed by atoms with Gasteiger partial charge in [0.25, 0.3) is 0 Å². The molecule has 0 fully saturated rings. The van der Waals surface area contributed by atoms with Crippen molar-refractivity contribution in [1.29, 1.82) is 0 Å². The zero-order valence-electron chi connectivity index (χ0n) is 16.4. The number of halogens is 2. The molecule has 2 amide bonds. The van der Waals surface area contributed by atoms with Crippen LogP contribution in [-0.4, -0.2) is 33.1 Å². The summed E-state index contributed by atoms with van der Waals surface area (Å²) in [6.07, 6.45) is 5.12. The Labute approximate surface area is 184 Å². The molecule has 156 valence electrons. The van der Waals surface area contributed by atoms with E-state index in [-0.39, 0.29) is 29.8 Å². The fourth-order valence-corrected chi connectivity index (χ4v) is 3.36. The quantitative estimate of drug-likeness (QED) is 0.567. The van der Waals surface area contributed by atoms with Crippen LogP contribution in [0.4, 0.5) is 5.69 Å². The lowest BCUT2D eigenvalue weighted by Gasteiger charge is -2.19.